The predicted molar refractivity (Wildman–Crippen MR) is 97.5 cm³/mol. The Morgan fingerprint density at radius 1 is 1.20 bits per heavy atom. The summed E-state index contributed by atoms with van der Waals surface area (Å²) in [5.74, 6) is -0.631. The summed E-state index contributed by atoms with van der Waals surface area (Å²) in [5.41, 5.74) is 5.94. The Labute approximate surface area is 151 Å². The third kappa shape index (κ3) is 4.27. The Hall–Kier alpha value is -2.18. The van der Waals surface area contributed by atoms with Crippen LogP contribution in [0, 0.1) is 5.82 Å². The van der Waals surface area contributed by atoms with Gasteiger partial charge in [-0.15, -0.1) is 12.4 Å². The van der Waals surface area contributed by atoms with Gasteiger partial charge >= 0.3 is 0 Å². The Balaban J connectivity index is 0.00000225. The van der Waals surface area contributed by atoms with Crippen LogP contribution in [-0.2, 0) is 11.3 Å². The smallest absolute Gasteiger partial charge is 0.274 e. The third-order valence-corrected chi connectivity index (χ3v) is 4.48. The van der Waals surface area contributed by atoms with Crippen molar-refractivity contribution in [3.63, 3.8) is 0 Å². The van der Waals surface area contributed by atoms with Crippen molar-refractivity contribution < 1.29 is 9.18 Å². The molecule has 1 amide bonds. The highest BCUT2D eigenvalue weighted by molar-refractivity contribution is 5.98. The van der Waals surface area contributed by atoms with Gasteiger partial charge in [0.05, 0.1) is 12.1 Å². The van der Waals surface area contributed by atoms with Crippen LogP contribution < -0.4 is 16.6 Å². The van der Waals surface area contributed by atoms with E-state index in [2.05, 4.69) is 5.32 Å². The van der Waals surface area contributed by atoms with E-state index in [0.29, 0.717) is 19.4 Å². The van der Waals surface area contributed by atoms with Crippen LogP contribution in [0.2, 0.25) is 0 Å². The molecule has 1 aliphatic rings. The molecule has 5 nitrogen and oxygen atoms in total. The Bertz CT molecular complexity index is 799. The summed E-state index contributed by atoms with van der Waals surface area (Å²) in [6.07, 6.45) is 4.75. The summed E-state index contributed by atoms with van der Waals surface area (Å²) >= 11 is 0. The van der Waals surface area contributed by atoms with Crippen molar-refractivity contribution in [2.24, 2.45) is 5.73 Å². The molecule has 0 spiro atoms. The number of benzene rings is 1. The molecule has 0 radical (unpaired) electrons. The Morgan fingerprint density at radius 2 is 1.84 bits per heavy atom. The van der Waals surface area contributed by atoms with E-state index in [9.17, 15) is 14.0 Å². The minimum Gasteiger partial charge on any atom is -0.320 e. The van der Waals surface area contributed by atoms with E-state index >= 15 is 0 Å². The second-order valence-corrected chi connectivity index (χ2v) is 6.30. The molecule has 1 saturated carbocycles. The highest BCUT2D eigenvalue weighted by Crippen LogP contribution is 2.28. The fourth-order valence-electron chi connectivity index (χ4n) is 3.02. The van der Waals surface area contributed by atoms with E-state index in [0.717, 1.165) is 18.4 Å². The summed E-state index contributed by atoms with van der Waals surface area (Å²) in [7, 11) is 0. The summed E-state index contributed by atoms with van der Waals surface area (Å²) in [6, 6.07) is 9.22. The fourth-order valence-corrected chi connectivity index (χ4v) is 3.02. The monoisotopic (exact) mass is 365 g/mol. The number of rotatable bonds is 4. The van der Waals surface area contributed by atoms with Gasteiger partial charge in [0.2, 0.25) is 5.91 Å². The van der Waals surface area contributed by atoms with Crippen LogP contribution in [0.4, 0.5) is 10.1 Å². The molecular formula is C18H21ClFN3O2. The molecule has 0 saturated heterocycles. The maximum Gasteiger partial charge on any atom is 0.274 e. The molecule has 0 unspecified atom stereocenters. The number of nitrogens with one attached hydrogen (secondary N) is 1. The number of aromatic nitrogens is 1. The molecule has 25 heavy (non-hydrogen) atoms. The molecule has 1 aromatic carbocycles. The van der Waals surface area contributed by atoms with Crippen LogP contribution in [-0.4, -0.2) is 16.0 Å². The van der Waals surface area contributed by atoms with Gasteiger partial charge in [-0.2, -0.15) is 0 Å². The number of anilines is 1. The third-order valence-electron chi connectivity index (χ3n) is 4.48. The lowest BCUT2D eigenvalue weighted by molar-refractivity contribution is -0.121. The standard InChI is InChI=1S/C18H20FN3O2.ClH/c19-14-7-5-13(6-8-14)12-22-11-3-4-15(16(22)23)21-17(24)18(20)9-1-2-10-18;/h3-8,11H,1-2,9-10,12,20H2,(H,21,24);1H. The van der Waals surface area contributed by atoms with E-state index in [1.54, 1.807) is 30.5 Å². The lowest BCUT2D eigenvalue weighted by Gasteiger charge is -2.22. The number of nitrogens with two attached hydrogens (primary N) is 1. The van der Waals surface area contributed by atoms with Gasteiger partial charge in [0.1, 0.15) is 11.5 Å². The highest BCUT2D eigenvalue weighted by atomic mass is 35.5. The van der Waals surface area contributed by atoms with Gasteiger partial charge in [-0.05, 0) is 42.7 Å². The van der Waals surface area contributed by atoms with E-state index in [4.69, 9.17) is 5.73 Å². The lowest BCUT2D eigenvalue weighted by Crippen LogP contribution is -2.49. The van der Waals surface area contributed by atoms with Crippen LogP contribution >= 0.6 is 12.4 Å². The summed E-state index contributed by atoms with van der Waals surface area (Å²) in [4.78, 5) is 24.9. The van der Waals surface area contributed by atoms with E-state index in [1.807, 2.05) is 0 Å². The summed E-state index contributed by atoms with van der Waals surface area (Å²) < 4.78 is 14.4. The van der Waals surface area contributed by atoms with Gasteiger partial charge in [0.25, 0.3) is 5.56 Å². The first-order valence-electron chi connectivity index (χ1n) is 8.02. The lowest BCUT2D eigenvalue weighted by atomic mass is 9.98. The number of hydrogen-bond acceptors (Lipinski definition) is 3. The van der Waals surface area contributed by atoms with Crippen molar-refractivity contribution in [3.05, 3.63) is 64.3 Å². The molecule has 3 N–H and O–H groups in total. The quantitative estimate of drug-likeness (QED) is 0.874. The molecule has 1 aliphatic carbocycles. The largest absolute Gasteiger partial charge is 0.320 e. The minimum atomic E-state index is -0.885. The second-order valence-electron chi connectivity index (χ2n) is 6.30. The highest BCUT2D eigenvalue weighted by Gasteiger charge is 2.37. The molecule has 0 aliphatic heterocycles. The van der Waals surface area contributed by atoms with Crippen molar-refractivity contribution in [1.29, 1.82) is 0 Å². The molecule has 1 aromatic heterocycles. The van der Waals surface area contributed by atoms with E-state index < -0.39 is 5.54 Å². The van der Waals surface area contributed by atoms with Gasteiger partial charge in [-0.3, -0.25) is 9.59 Å². The molecule has 3 rings (SSSR count). The number of carbonyl (C=O) groups excluding carboxylic acids is 1. The van der Waals surface area contributed by atoms with Gasteiger partial charge in [-0.1, -0.05) is 25.0 Å². The number of amides is 1. The first kappa shape index (κ1) is 19.1. The molecule has 2 aromatic rings. The van der Waals surface area contributed by atoms with Crippen LogP contribution in [0.25, 0.3) is 0 Å². The maximum absolute atomic E-state index is 13.0. The average Bonchev–Trinajstić information content (AvgIpc) is 3.01. The summed E-state index contributed by atoms with van der Waals surface area (Å²) in [6.45, 7) is 0.302. The van der Waals surface area contributed by atoms with Crippen LogP contribution in [0.15, 0.2) is 47.4 Å². The van der Waals surface area contributed by atoms with Crippen molar-refractivity contribution >= 4 is 24.0 Å². The molecule has 0 bridgehead atoms. The number of carbonyl (C=O) groups is 1. The van der Waals surface area contributed by atoms with Crippen LogP contribution in [0.1, 0.15) is 31.2 Å². The first-order chi connectivity index (χ1) is 11.5. The van der Waals surface area contributed by atoms with Crippen molar-refractivity contribution in [1.82, 2.24) is 4.57 Å². The second kappa shape index (κ2) is 7.80. The molecule has 1 heterocycles. The zero-order chi connectivity index (χ0) is 17.2. The first-order valence-corrected chi connectivity index (χ1v) is 8.02. The normalized spacial score (nSPS) is 15.4. The van der Waals surface area contributed by atoms with Crippen LogP contribution in [0.3, 0.4) is 0 Å². The van der Waals surface area contributed by atoms with Gasteiger partial charge < -0.3 is 15.6 Å². The fraction of sp³-hybridized carbons (Fsp3) is 0.333. The molecule has 1 fully saturated rings. The SMILES string of the molecule is Cl.NC1(C(=O)Nc2cccn(Cc3ccc(F)cc3)c2=O)CCCC1. The Kier molecular flexibility index (Phi) is 5.98. The average molecular weight is 366 g/mol. The number of nitrogens with zero attached hydrogens (tertiary/aromatic N) is 1. The van der Waals surface area contributed by atoms with Crippen molar-refractivity contribution in [2.45, 2.75) is 37.8 Å². The summed E-state index contributed by atoms with van der Waals surface area (Å²) in [5, 5.41) is 2.67. The Morgan fingerprint density at radius 3 is 2.48 bits per heavy atom. The van der Waals surface area contributed by atoms with E-state index in [-0.39, 0.29) is 35.4 Å². The molecule has 134 valence electrons. The minimum absolute atomic E-state index is 0. The van der Waals surface area contributed by atoms with Crippen LogP contribution in [0.5, 0.6) is 0 Å². The zero-order valence-corrected chi connectivity index (χ0v) is 14.5. The van der Waals surface area contributed by atoms with Crippen molar-refractivity contribution in [3.8, 4) is 0 Å². The van der Waals surface area contributed by atoms with Crippen molar-refractivity contribution in [2.75, 3.05) is 5.32 Å². The van der Waals surface area contributed by atoms with Gasteiger partial charge in [-0.25, -0.2) is 4.39 Å². The number of hydrogen-bond donors (Lipinski definition) is 2. The maximum atomic E-state index is 13.0. The molecule has 0 atom stereocenters. The number of pyridine rings is 1. The zero-order valence-electron chi connectivity index (χ0n) is 13.7. The molecular weight excluding hydrogens is 345 g/mol. The number of halogens is 2. The topological polar surface area (TPSA) is 77.1 Å². The van der Waals surface area contributed by atoms with Gasteiger partial charge in [0, 0.05) is 6.20 Å². The molecule has 7 heteroatoms. The van der Waals surface area contributed by atoms with E-state index in [1.165, 1.54) is 16.7 Å². The predicted octanol–water partition coefficient (Wildman–Crippen LogP) is 2.67. The van der Waals surface area contributed by atoms with Gasteiger partial charge in [0.15, 0.2) is 0 Å².